The molecule has 124 valence electrons. The van der Waals surface area contributed by atoms with Crippen molar-refractivity contribution in [3.63, 3.8) is 0 Å². The lowest BCUT2D eigenvalue weighted by atomic mass is 10.2. The van der Waals surface area contributed by atoms with Gasteiger partial charge in [-0.25, -0.2) is 4.98 Å². The first-order valence-electron chi connectivity index (χ1n) is 7.54. The number of nitrogens with one attached hydrogen (secondary N) is 1. The molecule has 3 aromatic rings. The van der Waals surface area contributed by atoms with Gasteiger partial charge in [-0.05, 0) is 19.4 Å². The third-order valence-corrected chi connectivity index (χ3v) is 4.02. The van der Waals surface area contributed by atoms with Crippen molar-refractivity contribution in [1.29, 1.82) is 0 Å². The quantitative estimate of drug-likeness (QED) is 0.790. The fourth-order valence-electron chi connectivity index (χ4n) is 2.56. The number of aromatic nitrogens is 4. The molecule has 0 atom stereocenters. The molecule has 1 N–H and O–H groups in total. The van der Waals surface area contributed by atoms with Crippen LogP contribution in [0.4, 0.5) is 11.5 Å². The van der Waals surface area contributed by atoms with Gasteiger partial charge < -0.3 is 9.88 Å². The average molecular weight is 344 g/mol. The molecule has 0 aliphatic heterocycles. The lowest BCUT2D eigenvalue weighted by molar-refractivity contribution is 0.659. The Bertz CT molecular complexity index is 930. The molecule has 2 aromatic heterocycles. The second kappa shape index (κ2) is 6.49. The number of benzene rings is 1. The first-order valence-corrected chi connectivity index (χ1v) is 7.91. The Kier molecular flexibility index (Phi) is 4.40. The van der Waals surface area contributed by atoms with Gasteiger partial charge in [-0.2, -0.15) is 5.10 Å². The molecule has 0 aliphatic rings. The summed E-state index contributed by atoms with van der Waals surface area (Å²) in [7, 11) is 1.64. The number of halogens is 1. The molecule has 7 heteroatoms. The van der Waals surface area contributed by atoms with E-state index in [2.05, 4.69) is 27.5 Å². The maximum atomic E-state index is 12.2. The third kappa shape index (κ3) is 3.19. The van der Waals surface area contributed by atoms with Gasteiger partial charge in [-0.1, -0.05) is 41.9 Å². The van der Waals surface area contributed by atoms with Gasteiger partial charge in [0.2, 0.25) is 0 Å². The zero-order chi connectivity index (χ0) is 17.3. The minimum atomic E-state index is -0.242. The topological polar surface area (TPSA) is 64.7 Å². The van der Waals surface area contributed by atoms with E-state index in [0.29, 0.717) is 6.54 Å². The average Bonchev–Trinajstić information content (AvgIpc) is 2.80. The number of rotatable bonds is 4. The van der Waals surface area contributed by atoms with Crippen molar-refractivity contribution in [2.24, 2.45) is 7.05 Å². The van der Waals surface area contributed by atoms with E-state index < -0.39 is 0 Å². The van der Waals surface area contributed by atoms with Gasteiger partial charge in [0.1, 0.15) is 5.15 Å². The zero-order valence-electron chi connectivity index (χ0n) is 13.7. The number of hydrogen-bond donors (Lipinski definition) is 1. The van der Waals surface area contributed by atoms with Gasteiger partial charge in [0.05, 0.1) is 23.6 Å². The molecule has 0 radical (unpaired) electrons. The first-order chi connectivity index (χ1) is 11.5. The van der Waals surface area contributed by atoms with Crippen molar-refractivity contribution in [3.8, 4) is 0 Å². The minimum absolute atomic E-state index is 0.190. The van der Waals surface area contributed by atoms with Gasteiger partial charge in [-0.15, -0.1) is 0 Å². The normalized spacial score (nSPS) is 10.8. The minimum Gasteiger partial charge on any atom is -0.333 e. The summed E-state index contributed by atoms with van der Waals surface area (Å²) >= 11 is 5.95. The summed E-state index contributed by atoms with van der Waals surface area (Å²) in [6, 6.07) is 10.1. The lowest BCUT2D eigenvalue weighted by Gasteiger charge is -2.08. The number of hydrogen-bond acceptors (Lipinski definition) is 4. The lowest BCUT2D eigenvalue weighted by Crippen LogP contribution is -2.21. The number of anilines is 2. The molecule has 2 heterocycles. The van der Waals surface area contributed by atoms with Crippen LogP contribution in [0.1, 0.15) is 17.0 Å². The molecule has 0 saturated carbocycles. The van der Waals surface area contributed by atoms with Gasteiger partial charge in [0, 0.05) is 13.2 Å². The predicted molar refractivity (Wildman–Crippen MR) is 95.0 cm³/mol. The molecule has 1 aromatic carbocycles. The highest BCUT2D eigenvalue weighted by Crippen LogP contribution is 2.23. The van der Waals surface area contributed by atoms with Crippen LogP contribution in [0.5, 0.6) is 0 Å². The summed E-state index contributed by atoms with van der Waals surface area (Å²) in [6.07, 6.45) is 1.48. The maximum absolute atomic E-state index is 12.2. The van der Waals surface area contributed by atoms with E-state index in [-0.39, 0.29) is 16.5 Å². The Balaban J connectivity index is 1.94. The highest BCUT2D eigenvalue weighted by Gasteiger charge is 2.15. The van der Waals surface area contributed by atoms with Crippen LogP contribution in [0.3, 0.4) is 0 Å². The van der Waals surface area contributed by atoms with Gasteiger partial charge in [0.15, 0.2) is 5.82 Å². The van der Waals surface area contributed by atoms with Crippen molar-refractivity contribution in [3.05, 3.63) is 69.0 Å². The first kappa shape index (κ1) is 16.3. The van der Waals surface area contributed by atoms with E-state index in [4.69, 9.17) is 11.6 Å². The molecular weight excluding hydrogens is 326 g/mol. The van der Waals surface area contributed by atoms with Crippen LogP contribution in [0, 0.1) is 13.8 Å². The van der Waals surface area contributed by atoms with E-state index in [1.165, 1.54) is 10.8 Å². The highest BCUT2D eigenvalue weighted by atomic mass is 35.5. The molecule has 0 aliphatic carbocycles. The van der Waals surface area contributed by atoms with E-state index >= 15 is 0 Å². The molecule has 0 amide bonds. The molecule has 3 rings (SSSR count). The van der Waals surface area contributed by atoms with E-state index in [1.54, 1.807) is 7.05 Å². The fourth-order valence-corrected chi connectivity index (χ4v) is 2.79. The Hall–Kier alpha value is -2.60. The summed E-state index contributed by atoms with van der Waals surface area (Å²) < 4.78 is 3.30. The van der Waals surface area contributed by atoms with Crippen LogP contribution in [-0.2, 0) is 13.6 Å². The summed E-state index contributed by atoms with van der Waals surface area (Å²) in [5, 5.41) is 7.90. The van der Waals surface area contributed by atoms with E-state index in [0.717, 1.165) is 22.6 Å². The molecule has 0 fully saturated rings. The molecule has 24 heavy (non-hydrogen) atoms. The Morgan fingerprint density at radius 3 is 2.62 bits per heavy atom. The highest BCUT2D eigenvalue weighted by molar-refractivity contribution is 6.29. The van der Waals surface area contributed by atoms with Crippen molar-refractivity contribution >= 4 is 23.1 Å². The second-order valence-electron chi connectivity index (χ2n) is 5.64. The van der Waals surface area contributed by atoms with Gasteiger partial charge >= 0.3 is 0 Å². The van der Waals surface area contributed by atoms with Gasteiger partial charge in [-0.3, -0.25) is 9.48 Å². The smallest absolute Gasteiger partial charge is 0.293 e. The number of nitrogens with zero attached hydrogens (tertiary/aromatic N) is 4. The zero-order valence-corrected chi connectivity index (χ0v) is 14.5. The second-order valence-corrected chi connectivity index (χ2v) is 6.03. The Morgan fingerprint density at radius 2 is 1.92 bits per heavy atom. The standard InChI is InChI=1S/C17H18ClN5O/c1-11-15(20-16-17(24)22(3)10-14(18)19-16)12(2)23(21-11)9-13-7-5-4-6-8-13/h4-8,10H,9H2,1-3H3,(H,19,20). The molecule has 0 unspecified atom stereocenters. The van der Waals surface area contributed by atoms with Crippen molar-refractivity contribution in [2.45, 2.75) is 20.4 Å². The van der Waals surface area contributed by atoms with Crippen LogP contribution in [-0.4, -0.2) is 19.3 Å². The predicted octanol–water partition coefficient (Wildman–Crippen LogP) is 3.04. The third-order valence-electron chi connectivity index (χ3n) is 3.84. The van der Waals surface area contributed by atoms with Crippen LogP contribution >= 0.6 is 11.6 Å². The van der Waals surface area contributed by atoms with Crippen molar-refractivity contribution < 1.29 is 0 Å². The van der Waals surface area contributed by atoms with Gasteiger partial charge in [0.25, 0.3) is 5.56 Å². The van der Waals surface area contributed by atoms with E-state index in [1.807, 2.05) is 36.7 Å². The van der Waals surface area contributed by atoms with Crippen molar-refractivity contribution in [2.75, 3.05) is 5.32 Å². The largest absolute Gasteiger partial charge is 0.333 e. The monoisotopic (exact) mass is 343 g/mol. The SMILES string of the molecule is Cc1nn(Cc2ccccc2)c(C)c1Nc1nc(Cl)cn(C)c1=O. The van der Waals surface area contributed by atoms with Crippen molar-refractivity contribution in [1.82, 2.24) is 19.3 Å². The molecule has 0 saturated heterocycles. The summed E-state index contributed by atoms with van der Waals surface area (Å²) in [5.41, 5.74) is 3.42. The van der Waals surface area contributed by atoms with Crippen LogP contribution in [0.2, 0.25) is 5.15 Å². The molecule has 0 spiro atoms. The summed E-state index contributed by atoms with van der Waals surface area (Å²) in [4.78, 5) is 16.3. The molecule has 0 bridgehead atoms. The summed E-state index contributed by atoms with van der Waals surface area (Å²) in [5.74, 6) is 0.190. The van der Waals surface area contributed by atoms with Crippen LogP contribution in [0.25, 0.3) is 0 Å². The Morgan fingerprint density at radius 1 is 1.21 bits per heavy atom. The van der Waals surface area contributed by atoms with Crippen LogP contribution < -0.4 is 10.9 Å². The maximum Gasteiger partial charge on any atom is 0.293 e. The number of aryl methyl sites for hydroxylation is 2. The Labute approximate surface area is 144 Å². The fraction of sp³-hybridized carbons (Fsp3) is 0.235. The van der Waals surface area contributed by atoms with E-state index in [9.17, 15) is 4.79 Å². The molecular formula is C17H18ClN5O. The van der Waals surface area contributed by atoms with Crippen LogP contribution in [0.15, 0.2) is 41.3 Å². The molecule has 6 nitrogen and oxygen atoms in total. The summed E-state index contributed by atoms with van der Waals surface area (Å²) in [6.45, 7) is 4.52.